The topological polar surface area (TPSA) is 85.3 Å². The number of nitrogens with two attached hydrogens (primary N) is 1. The van der Waals surface area contributed by atoms with Crippen LogP contribution in [0.2, 0.25) is 0 Å². The van der Waals surface area contributed by atoms with Crippen LogP contribution in [0.3, 0.4) is 0 Å². The number of nitrogens with zero attached hydrogens (tertiary/aromatic N) is 3. The van der Waals surface area contributed by atoms with E-state index in [-0.39, 0.29) is 5.91 Å². The molecule has 6 heteroatoms. The van der Waals surface area contributed by atoms with E-state index in [1.54, 1.807) is 36.8 Å². The molecule has 2 aromatic carbocycles. The van der Waals surface area contributed by atoms with Crippen molar-refractivity contribution >= 4 is 17.3 Å². The van der Waals surface area contributed by atoms with Gasteiger partial charge in [-0.25, -0.2) is 10.4 Å². The molecule has 1 aromatic heterocycles. The molecule has 0 aliphatic rings. The van der Waals surface area contributed by atoms with E-state index in [1.165, 1.54) is 0 Å². The normalized spacial score (nSPS) is 11.3. The van der Waals surface area contributed by atoms with Crippen LogP contribution in [-0.2, 0) is 0 Å². The fourth-order valence-corrected chi connectivity index (χ4v) is 2.18. The summed E-state index contributed by atoms with van der Waals surface area (Å²) >= 11 is 0. The van der Waals surface area contributed by atoms with E-state index in [9.17, 15) is 4.79 Å². The van der Waals surface area contributed by atoms with Gasteiger partial charge in [-0.15, -0.1) is 0 Å². The Morgan fingerprint density at radius 1 is 1.08 bits per heavy atom. The zero-order chi connectivity index (χ0) is 16.9. The van der Waals surface area contributed by atoms with Crippen molar-refractivity contribution in [1.29, 1.82) is 0 Å². The van der Waals surface area contributed by atoms with E-state index in [0.717, 1.165) is 17.0 Å². The van der Waals surface area contributed by atoms with Gasteiger partial charge in [0.2, 0.25) is 0 Å². The number of hydrazone groups is 1. The summed E-state index contributed by atoms with van der Waals surface area (Å²) < 4.78 is 1.92. The number of nitrogens with one attached hydrogen (secondary N) is 1. The molecule has 0 spiro atoms. The lowest BCUT2D eigenvalue weighted by atomic mass is 10.1. The van der Waals surface area contributed by atoms with E-state index in [1.807, 2.05) is 42.0 Å². The molecule has 3 rings (SSSR count). The first kappa shape index (κ1) is 15.5. The minimum atomic E-state index is -0.274. The van der Waals surface area contributed by atoms with Crippen LogP contribution < -0.4 is 11.2 Å². The van der Waals surface area contributed by atoms with Gasteiger partial charge in [0.05, 0.1) is 12.0 Å². The van der Waals surface area contributed by atoms with Crippen LogP contribution >= 0.6 is 0 Å². The fourth-order valence-electron chi connectivity index (χ4n) is 2.18. The molecular formula is C18H17N5O. The van der Waals surface area contributed by atoms with Crippen LogP contribution in [0.5, 0.6) is 0 Å². The van der Waals surface area contributed by atoms with Crippen molar-refractivity contribution < 1.29 is 4.79 Å². The van der Waals surface area contributed by atoms with E-state index in [2.05, 4.69) is 15.5 Å². The number of carbonyl (C=O) groups is 1. The number of hydrogen-bond acceptors (Lipinski definition) is 4. The molecule has 0 aliphatic carbocycles. The first-order chi connectivity index (χ1) is 11.6. The maximum Gasteiger partial charge on any atom is 0.271 e. The van der Waals surface area contributed by atoms with Gasteiger partial charge in [0.1, 0.15) is 0 Å². The molecule has 0 saturated heterocycles. The van der Waals surface area contributed by atoms with Gasteiger partial charge in [0.25, 0.3) is 5.91 Å². The third-order valence-electron chi connectivity index (χ3n) is 3.59. The van der Waals surface area contributed by atoms with Crippen molar-refractivity contribution in [2.24, 2.45) is 5.10 Å². The highest BCUT2D eigenvalue weighted by Crippen LogP contribution is 2.10. The van der Waals surface area contributed by atoms with Gasteiger partial charge in [-0.3, -0.25) is 4.79 Å². The van der Waals surface area contributed by atoms with Gasteiger partial charge >= 0.3 is 0 Å². The van der Waals surface area contributed by atoms with Crippen LogP contribution in [0.4, 0.5) is 5.69 Å². The molecule has 1 amide bonds. The number of imidazole rings is 1. The Kier molecular flexibility index (Phi) is 4.38. The zero-order valence-corrected chi connectivity index (χ0v) is 13.2. The summed E-state index contributed by atoms with van der Waals surface area (Å²) in [5, 5.41) is 4.15. The third kappa shape index (κ3) is 3.49. The van der Waals surface area contributed by atoms with Gasteiger partial charge in [0, 0.05) is 29.3 Å². The molecule has 0 fully saturated rings. The number of rotatable bonds is 4. The maximum absolute atomic E-state index is 12.0. The summed E-state index contributed by atoms with van der Waals surface area (Å²) in [6, 6.07) is 14.5. The molecule has 3 N–H and O–H groups in total. The quantitative estimate of drug-likeness (QED) is 0.440. The number of amides is 1. The molecule has 0 aliphatic heterocycles. The van der Waals surface area contributed by atoms with Crippen molar-refractivity contribution in [2.45, 2.75) is 6.92 Å². The number of aromatic nitrogens is 2. The SMILES string of the molecule is CC(=NNC(=O)c1ccc(N)cc1)c1ccc(-n2ccnc2)cc1. The lowest BCUT2D eigenvalue weighted by molar-refractivity contribution is 0.0955. The minimum absolute atomic E-state index is 0.274. The van der Waals surface area contributed by atoms with E-state index in [4.69, 9.17) is 5.73 Å². The average molecular weight is 319 g/mol. The van der Waals surface area contributed by atoms with Gasteiger partial charge in [-0.05, 0) is 48.9 Å². The second-order valence-electron chi connectivity index (χ2n) is 5.28. The van der Waals surface area contributed by atoms with Gasteiger partial charge < -0.3 is 10.3 Å². The standard InChI is InChI=1S/C18H17N5O/c1-13(21-22-18(24)15-2-6-16(19)7-3-15)14-4-8-17(9-5-14)23-11-10-20-12-23/h2-12H,19H2,1H3,(H,22,24). The van der Waals surface area contributed by atoms with Crippen molar-refractivity contribution in [3.63, 3.8) is 0 Å². The Hall–Kier alpha value is -3.41. The molecule has 0 radical (unpaired) electrons. The van der Waals surface area contributed by atoms with Crippen LogP contribution in [0.25, 0.3) is 5.69 Å². The predicted molar refractivity (Wildman–Crippen MR) is 94.1 cm³/mol. The molecule has 1 heterocycles. The molecule has 0 atom stereocenters. The molecule has 0 bridgehead atoms. The Labute approximate surface area is 139 Å². The zero-order valence-electron chi connectivity index (χ0n) is 13.2. The number of hydrogen-bond donors (Lipinski definition) is 2. The first-order valence-electron chi connectivity index (χ1n) is 7.42. The number of benzene rings is 2. The van der Waals surface area contributed by atoms with Crippen molar-refractivity contribution in [2.75, 3.05) is 5.73 Å². The fraction of sp³-hybridized carbons (Fsp3) is 0.0556. The van der Waals surface area contributed by atoms with Crippen LogP contribution in [0, 0.1) is 0 Å². The molecule has 6 nitrogen and oxygen atoms in total. The highest BCUT2D eigenvalue weighted by Gasteiger charge is 2.05. The largest absolute Gasteiger partial charge is 0.399 e. The van der Waals surface area contributed by atoms with Gasteiger partial charge in [0.15, 0.2) is 0 Å². The summed E-state index contributed by atoms with van der Waals surface area (Å²) in [4.78, 5) is 16.1. The monoisotopic (exact) mass is 319 g/mol. The Balaban J connectivity index is 1.69. The molecule has 24 heavy (non-hydrogen) atoms. The minimum Gasteiger partial charge on any atom is -0.399 e. The molecule has 0 unspecified atom stereocenters. The second kappa shape index (κ2) is 6.78. The Morgan fingerprint density at radius 3 is 2.38 bits per heavy atom. The summed E-state index contributed by atoms with van der Waals surface area (Å²) in [5.74, 6) is -0.274. The second-order valence-corrected chi connectivity index (χ2v) is 5.28. The van der Waals surface area contributed by atoms with Crippen LogP contribution in [0.15, 0.2) is 72.4 Å². The van der Waals surface area contributed by atoms with Gasteiger partial charge in [-0.2, -0.15) is 5.10 Å². The molecule has 120 valence electrons. The van der Waals surface area contributed by atoms with E-state index < -0.39 is 0 Å². The van der Waals surface area contributed by atoms with Gasteiger partial charge in [-0.1, -0.05) is 12.1 Å². The number of anilines is 1. The summed E-state index contributed by atoms with van der Waals surface area (Å²) in [5.41, 5.74) is 11.9. The van der Waals surface area contributed by atoms with E-state index in [0.29, 0.717) is 11.3 Å². The Morgan fingerprint density at radius 2 is 1.75 bits per heavy atom. The highest BCUT2D eigenvalue weighted by atomic mass is 16.2. The predicted octanol–water partition coefficient (Wildman–Crippen LogP) is 2.61. The molecule has 0 saturated carbocycles. The van der Waals surface area contributed by atoms with Crippen molar-refractivity contribution in [1.82, 2.24) is 15.0 Å². The van der Waals surface area contributed by atoms with Crippen molar-refractivity contribution in [3.8, 4) is 5.69 Å². The number of carbonyl (C=O) groups excluding carboxylic acids is 1. The third-order valence-corrected chi connectivity index (χ3v) is 3.59. The molecule has 3 aromatic rings. The summed E-state index contributed by atoms with van der Waals surface area (Å²) in [6.07, 6.45) is 5.35. The number of nitrogen functional groups attached to an aromatic ring is 1. The first-order valence-corrected chi connectivity index (χ1v) is 7.42. The summed E-state index contributed by atoms with van der Waals surface area (Å²) in [7, 11) is 0. The van der Waals surface area contributed by atoms with E-state index >= 15 is 0 Å². The Bertz CT molecular complexity index is 849. The smallest absolute Gasteiger partial charge is 0.271 e. The lowest BCUT2D eigenvalue weighted by Crippen LogP contribution is -2.19. The summed E-state index contributed by atoms with van der Waals surface area (Å²) in [6.45, 7) is 1.84. The molecular weight excluding hydrogens is 302 g/mol. The maximum atomic E-state index is 12.0. The van der Waals surface area contributed by atoms with Crippen LogP contribution in [0.1, 0.15) is 22.8 Å². The highest BCUT2D eigenvalue weighted by molar-refractivity contribution is 6.01. The van der Waals surface area contributed by atoms with Crippen molar-refractivity contribution in [3.05, 3.63) is 78.4 Å². The van der Waals surface area contributed by atoms with Crippen LogP contribution in [-0.4, -0.2) is 21.2 Å². The average Bonchev–Trinajstić information content (AvgIpc) is 3.15. The lowest BCUT2D eigenvalue weighted by Gasteiger charge is -2.06.